The lowest BCUT2D eigenvalue weighted by Crippen LogP contribution is -2.16. The minimum atomic E-state index is 0.0572. The number of nitrogens with zero attached hydrogens (tertiary/aromatic N) is 1. The summed E-state index contributed by atoms with van der Waals surface area (Å²) in [6.07, 6.45) is 6.91. The molecular weight excluding hydrogens is 246 g/mol. The van der Waals surface area contributed by atoms with Crippen molar-refractivity contribution in [2.75, 3.05) is 5.32 Å². The molecule has 3 N–H and O–H groups in total. The normalized spacial score (nSPS) is 16.1. The quantitative estimate of drug-likeness (QED) is 0.861. The van der Waals surface area contributed by atoms with Crippen molar-refractivity contribution >= 4 is 22.4 Å². The van der Waals surface area contributed by atoms with Crippen molar-refractivity contribution in [2.45, 2.75) is 57.9 Å². The monoisotopic (exact) mass is 267 g/mol. The lowest BCUT2D eigenvalue weighted by molar-refractivity contribution is -0.116. The van der Waals surface area contributed by atoms with Gasteiger partial charge in [0.25, 0.3) is 0 Å². The number of carbonyl (C=O) groups is 1. The number of nitrogens with one attached hydrogen (secondary N) is 1. The van der Waals surface area contributed by atoms with Crippen LogP contribution < -0.4 is 11.1 Å². The molecule has 0 saturated heterocycles. The Bertz CT molecular complexity index is 391. The molecule has 1 aromatic rings. The molecule has 0 saturated carbocycles. The van der Waals surface area contributed by atoms with Crippen LogP contribution in [0.3, 0.4) is 0 Å². The van der Waals surface area contributed by atoms with E-state index in [1.165, 1.54) is 23.4 Å². The zero-order chi connectivity index (χ0) is 13.0. The summed E-state index contributed by atoms with van der Waals surface area (Å²) in [5.41, 5.74) is 6.85. The van der Waals surface area contributed by atoms with E-state index in [-0.39, 0.29) is 11.9 Å². The lowest BCUT2D eigenvalue weighted by atomic mass is 10.0. The van der Waals surface area contributed by atoms with Crippen LogP contribution in [0.2, 0.25) is 0 Å². The topological polar surface area (TPSA) is 68.0 Å². The number of fused-ring (bicyclic) bond motifs is 1. The maximum absolute atomic E-state index is 11.7. The molecule has 18 heavy (non-hydrogen) atoms. The fourth-order valence-electron chi connectivity index (χ4n) is 2.17. The number of hydrogen-bond donors (Lipinski definition) is 2. The second-order valence-electron chi connectivity index (χ2n) is 5.01. The van der Waals surface area contributed by atoms with Gasteiger partial charge in [-0.3, -0.25) is 4.79 Å². The maximum atomic E-state index is 11.7. The number of anilines is 1. The summed E-state index contributed by atoms with van der Waals surface area (Å²) < 4.78 is 0. The first-order chi connectivity index (χ1) is 8.65. The fraction of sp³-hybridized carbons (Fsp3) is 0.692. The standard InChI is InChI=1S/C13H21N3OS/c1-9(14)5-4-8-12(17)16-13-15-10-6-2-3-7-11(10)18-13/h9H,2-8,14H2,1H3,(H,15,16,17). The SMILES string of the molecule is CC(N)CCCC(=O)Nc1nc2c(s1)CCCC2. The fourth-order valence-corrected chi connectivity index (χ4v) is 3.24. The Morgan fingerprint density at radius 3 is 3.00 bits per heavy atom. The van der Waals surface area contributed by atoms with Gasteiger partial charge in [0.15, 0.2) is 5.13 Å². The average molecular weight is 267 g/mol. The maximum Gasteiger partial charge on any atom is 0.226 e. The van der Waals surface area contributed by atoms with Crippen LogP contribution in [0.5, 0.6) is 0 Å². The number of aromatic nitrogens is 1. The van der Waals surface area contributed by atoms with Gasteiger partial charge in [-0.15, -0.1) is 11.3 Å². The van der Waals surface area contributed by atoms with E-state index in [4.69, 9.17) is 5.73 Å². The minimum absolute atomic E-state index is 0.0572. The molecule has 0 aromatic carbocycles. The summed E-state index contributed by atoms with van der Waals surface area (Å²) in [5.74, 6) is 0.0572. The largest absolute Gasteiger partial charge is 0.328 e. The molecule has 0 fully saturated rings. The molecule has 2 rings (SSSR count). The highest BCUT2D eigenvalue weighted by Crippen LogP contribution is 2.29. The molecule has 1 atom stereocenters. The zero-order valence-electron chi connectivity index (χ0n) is 10.9. The van der Waals surface area contributed by atoms with Crippen molar-refractivity contribution < 1.29 is 4.79 Å². The number of carbonyl (C=O) groups excluding carboxylic acids is 1. The highest BCUT2D eigenvalue weighted by Gasteiger charge is 2.16. The Labute approximate surface area is 112 Å². The third-order valence-corrected chi connectivity index (χ3v) is 4.23. The van der Waals surface area contributed by atoms with Crippen LogP contribution in [-0.2, 0) is 17.6 Å². The van der Waals surface area contributed by atoms with Gasteiger partial charge < -0.3 is 11.1 Å². The predicted octanol–water partition coefficient (Wildman–Crippen LogP) is 2.48. The predicted molar refractivity (Wildman–Crippen MR) is 74.9 cm³/mol. The third-order valence-electron chi connectivity index (χ3n) is 3.16. The van der Waals surface area contributed by atoms with E-state index in [0.29, 0.717) is 6.42 Å². The first-order valence-corrected chi connectivity index (χ1v) is 7.51. The van der Waals surface area contributed by atoms with Crippen molar-refractivity contribution in [3.8, 4) is 0 Å². The van der Waals surface area contributed by atoms with E-state index in [0.717, 1.165) is 30.8 Å². The van der Waals surface area contributed by atoms with E-state index in [1.807, 2.05) is 6.92 Å². The van der Waals surface area contributed by atoms with E-state index >= 15 is 0 Å². The van der Waals surface area contributed by atoms with Crippen LogP contribution in [0.25, 0.3) is 0 Å². The van der Waals surface area contributed by atoms with Gasteiger partial charge in [-0.1, -0.05) is 0 Å². The summed E-state index contributed by atoms with van der Waals surface area (Å²) >= 11 is 1.64. The van der Waals surface area contributed by atoms with E-state index < -0.39 is 0 Å². The number of nitrogens with two attached hydrogens (primary N) is 1. The van der Waals surface area contributed by atoms with Crippen molar-refractivity contribution in [1.29, 1.82) is 0 Å². The number of rotatable bonds is 5. The second kappa shape index (κ2) is 6.29. The molecule has 1 heterocycles. The molecule has 5 heteroatoms. The lowest BCUT2D eigenvalue weighted by Gasteiger charge is -2.06. The van der Waals surface area contributed by atoms with Crippen molar-refractivity contribution in [2.24, 2.45) is 5.73 Å². The van der Waals surface area contributed by atoms with Gasteiger partial charge in [0.1, 0.15) is 0 Å². The highest BCUT2D eigenvalue weighted by atomic mass is 32.1. The van der Waals surface area contributed by atoms with Crippen LogP contribution in [0, 0.1) is 0 Å². The molecule has 0 radical (unpaired) electrons. The van der Waals surface area contributed by atoms with Crippen LogP contribution in [-0.4, -0.2) is 16.9 Å². The van der Waals surface area contributed by atoms with Gasteiger partial charge in [0, 0.05) is 17.3 Å². The Morgan fingerprint density at radius 2 is 2.28 bits per heavy atom. The van der Waals surface area contributed by atoms with E-state index in [2.05, 4.69) is 10.3 Å². The van der Waals surface area contributed by atoms with E-state index in [1.54, 1.807) is 11.3 Å². The van der Waals surface area contributed by atoms with Crippen molar-refractivity contribution in [3.05, 3.63) is 10.6 Å². The molecule has 1 aliphatic carbocycles. The molecular formula is C13H21N3OS. The molecule has 0 aliphatic heterocycles. The first kappa shape index (κ1) is 13.5. The smallest absolute Gasteiger partial charge is 0.226 e. The summed E-state index contributed by atoms with van der Waals surface area (Å²) in [7, 11) is 0. The highest BCUT2D eigenvalue weighted by molar-refractivity contribution is 7.15. The van der Waals surface area contributed by atoms with E-state index in [9.17, 15) is 4.79 Å². The Kier molecular flexibility index (Phi) is 4.72. The summed E-state index contributed by atoms with van der Waals surface area (Å²) in [4.78, 5) is 17.6. The summed E-state index contributed by atoms with van der Waals surface area (Å²) in [6, 6.07) is 0.171. The second-order valence-corrected chi connectivity index (χ2v) is 6.10. The molecule has 1 unspecified atom stereocenters. The number of amides is 1. The first-order valence-electron chi connectivity index (χ1n) is 6.69. The molecule has 0 bridgehead atoms. The molecule has 4 nitrogen and oxygen atoms in total. The Morgan fingerprint density at radius 1 is 1.50 bits per heavy atom. The van der Waals surface area contributed by atoms with Gasteiger partial charge in [-0.05, 0) is 45.4 Å². The minimum Gasteiger partial charge on any atom is -0.328 e. The Balaban J connectivity index is 1.81. The average Bonchev–Trinajstić information content (AvgIpc) is 2.70. The van der Waals surface area contributed by atoms with Gasteiger partial charge >= 0.3 is 0 Å². The molecule has 1 amide bonds. The van der Waals surface area contributed by atoms with Crippen LogP contribution >= 0.6 is 11.3 Å². The van der Waals surface area contributed by atoms with Gasteiger partial charge in [-0.2, -0.15) is 0 Å². The third kappa shape index (κ3) is 3.78. The summed E-state index contributed by atoms with van der Waals surface area (Å²) in [6.45, 7) is 1.97. The molecule has 0 spiro atoms. The number of thiazole rings is 1. The molecule has 1 aliphatic rings. The van der Waals surface area contributed by atoms with Crippen LogP contribution in [0.15, 0.2) is 0 Å². The zero-order valence-corrected chi connectivity index (χ0v) is 11.7. The summed E-state index contributed by atoms with van der Waals surface area (Å²) in [5, 5.41) is 3.67. The van der Waals surface area contributed by atoms with Gasteiger partial charge in [0.2, 0.25) is 5.91 Å². The molecule has 100 valence electrons. The van der Waals surface area contributed by atoms with Crippen molar-refractivity contribution in [3.63, 3.8) is 0 Å². The van der Waals surface area contributed by atoms with Crippen LogP contribution in [0.4, 0.5) is 5.13 Å². The molecule has 1 aromatic heterocycles. The van der Waals surface area contributed by atoms with Gasteiger partial charge in [0.05, 0.1) is 5.69 Å². The van der Waals surface area contributed by atoms with Crippen LogP contribution in [0.1, 0.15) is 49.6 Å². The number of hydrogen-bond acceptors (Lipinski definition) is 4. The van der Waals surface area contributed by atoms with Crippen molar-refractivity contribution in [1.82, 2.24) is 4.98 Å². The number of aryl methyl sites for hydroxylation is 2. The Hall–Kier alpha value is -0.940. The van der Waals surface area contributed by atoms with Gasteiger partial charge in [-0.25, -0.2) is 4.98 Å².